The zero-order chi connectivity index (χ0) is 12.5. The molecule has 1 aromatic rings. The zero-order valence-corrected chi connectivity index (χ0v) is 12.0. The molecule has 0 fully saturated rings. The van der Waals surface area contributed by atoms with Gasteiger partial charge in [0.05, 0.1) is 4.47 Å². The first kappa shape index (κ1) is 14.1. The average Bonchev–Trinajstić information content (AvgIpc) is 2.07. The second-order valence-corrected chi connectivity index (χ2v) is 6.78. The highest BCUT2D eigenvalue weighted by Gasteiger charge is 2.20. The summed E-state index contributed by atoms with van der Waals surface area (Å²) in [6.45, 7) is -3.06. The molecular weight excluding hydrogens is 397 g/mol. The number of benzene rings is 1. The van der Waals surface area contributed by atoms with E-state index in [-0.39, 0.29) is 19.6 Å². The molecular formula is C7H3Br2ClF2O3S. The summed E-state index contributed by atoms with van der Waals surface area (Å²) in [6.07, 6.45) is 0. The van der Waals surface area contributed by atoms with Crippen molar-refractivity contribution in [1.82, 2.24) is 0 Å². The lowest BCUT2D eigenvalue weighted by atomic mass is 10.3. The highest BCUT2D eigenvalue weighted by molar-refractivity contribution is 9.11. The fourth-order valence-corrected chi connectivity index (χ4v) is 3.68. The van der Waals surface area contributed by atoms with Gasteiger partial charge in [-0.1, -0.05) is 15.9 Å². The minimum Gasteiger partial charge on any atom is -0.434 e. The lowest BCUT2D eigenvalue weighted by Gasteiger charge is -2.09. The minimum atomic E-state index is -4.04. The van der Waals surface area contributed by atoms with Gasteiger partial charge in [-0.25, -0.2) is 8.42 Å². The van der Waals surface area contributed by atoms with Gasteiger partial charge in [0.1, 0.15) is 10.6 Å². The second kappa shape index (κ2) is 5.16. The monoisotopic (exact) mass is 398 g/mol. The Kier molecular flexibility index (Phi) is 4.56. The van der Waals surface area contributed by atoms with Gasteiger partial charge in [-0.05, 0) is 28.1 Å². The molecule has 0 saturated heterocycles. The maximum Gasteiger partial charge on any atom is 0.387 e. The molecule has 0 bridgehead atoms. The Bertz CT molecular complexity index is 507. The maximum absolute atomic E-state index is 12.0. The molecule has 0 N–H and O–H groups in total. The Morgan fingerprint density at radius 3 is 2.31 bits per heavy atom. The van der Waals surface area contributed by atoms with Crippen LogP contribution in [0.15, 0.2) is 26.0 Å². The van der Waals surface area contributed by atoms with E-state index in [9.17, 15) is 17.2 Å². The molecule has 0 heterocycles. The van der Waals surface area contributed by atoms with Crippen LogP contribution in [0.4, 0.5) is 8.78 Å². The molecule has 0 unspecified atom stereocenters. The highest BCUT2D eigenvalue weighted by Crippen LogP contribution is 2.37. The molecule has 0 spiro atoms. The van der Waals surface area contributed by atoms with Crippen molar-refractivity contribution in [2.45, 2.75) is 11.5 Å². The first-order valence-electron chi connectivity index (χ1n) is 3.60. The van der Waals surface area contributed by atoms with Crippen LogP contribution in [0.25, 0.3) is 0 Å². The van der Waals surface area contributed by atoms with E-state index >= 15 is 0 Å². The van der Waals surface area contributed by atoms with Gasteiger partial charge in [0.2, 0.25) is 0 Å². The number of hydrogen-bond acceptors (Lipinski definition) is 3. The summed E-state index contributed by atoms with van der Waals surface area (Å²) in [5, 5.41) is 0. The van der Waals surface area contributed by atoms with Crippen LogP contribution >= 0.6 is 42.5 Å². The van der Waals surface area contributed by atoms with E-state index in [0.717, 1.165) is 0 Å². The van der Waals surface area contributed by atoms with Crippen LogP contribution in [0, 0.1) is 0 Å². The van der Waals surface area contributed by atoms with Crippen LogP contribution < -0.4 is 4.74 Å². The molecule has 1 aromatic carbocycles. The van der Waals surface area contributed by atoms with Crippen molar-refractivity contribution in [1.29, 1.82) is 0 Å². The van der Waals surface area contributed by atoms with Crippen LogP contribution in [-0.4, -0.2) is 15.0 Å². The first-order chi connectivity index (χ1) is 7.21. The zero-order valence-electron chi connectivity index (χ0n) is 7.25. The predicted octanol–water partition coefficient (Wildman–Crippen LogP) is 3.74. The van der Waals surface area contributed by atoms with Crippen LogP contribution in [-0.2, 0) is 9.05 Å². The van der Waals surface area contributed by atoms with Crippen molar-refractivity contribution in [2.24, 2.45) is 0 Å². The smallest absolute Gasteiger partial charge is 0.387 e. The molecule has 0 aromatic heterocycles. The van der Waals surface area contributed by atoms with E-state index in [0.29, 0.717) is 0 Å². The third-order valence-electron chi connectivity index (χ3n) is 1.45. The molecule has 0 radical (unpaired) electrons. The minimum absolute atomic E-state index is 0.147. The summed E-state index contributed by atoms with van der Waals surface area (Å²) < 4.78 is 50.5. The number of halogens is 5. The van der Waals surface area contributed by atoms with Crippen molar-refractivity contribution in [2.75, 3.05) is 0 Å². The fourth-order valence-electron chi connectivity index (χ4n) is 0.899. The number of hydrogen-bond donors (Lipinski definition) is 0. The van der Waals surface area contributed by atoms with E-state index in [1.54, 1.807) is 0 Å². The van der Waals surface area contributed by atoms with Gasteiger partial charge < -0.3 is 4.74 Å². The van der Waals surface area contributed by atoms with Crippen LogP contribution in [0.2, 0.25) is 0 Å². The normalized spacial score (nSPS) is 11.9. The van der Waals surface area contributed by atoms with Gasteiger partial charge in [0.25, 0.3) is 9.05 Å². The average molecular weight is 400 g/mol. The third kappa shape index (κ3) is 3.54. The molecule has 0 saturated carbocycles. The largest absolute Gasteiger partial charge is 0.434 e. The first-order valence-corrected chi connectivity index (χ1v) is 7.50. The Morgan fingerprint density at radius 1 is 1.31 bits per heavy atom. The Morgan fingerprint density at radius 2 is 1.88 bits per heavy atom. The fraction of sp³-hybridized carbons (Fsp3) is 0.143. The van der Waals surface area contributed by atoms with Crippen LogP contribution in [0.3, 0.4) is 0 Å². The van der Waals surface area contributed by atoms with E-state index in [4.69, 9.17) is 10.7 Å². The topological polar surface area (TPSA) is 43.4 Å². The summed E-state index contributed by atoms with van der Waals surface area (Å²) in [7, 11) is 1.08. The van der Waals surface area contributed by atoms with Crippen molar-refractivity contribution in [3.63, 3.8) is 0 Å². The Balaban J connectivity index is 3.38. The van der Waals surface area contributed by atoms with E-state index in [2.05, 4.69) is 36.6 Å². The number of rotatable bonds is 3. The molecule has 0 aliphatic carbocycles. The van der Waals surface area contributed by atoms with Gasteiger partial charge in [0.15, 0.2) is 0 Å². The Hall–Kier alpha value is 0.0800. The summed E-state index contributed by atoms with van der Waals surface area (Å²) >= 11 is 5.80. The molecule has 0 atom stereocenters. The quantitative estimate of drug-likeness (QED) is 0.726. The lowest BCUT2D eigenvalue weighted by Crippen LogP contribution is -2.04. The van der Waals surface area contributed by atoms with Crippen molar-refractivity contribution in [3.05, 3.63) is 21.1 Å². The van der Waals surface area contributed by atoms with E-state index in [1.165, 1.54) is 12.1 Å². The van der Waals surface area contributed by atoms with Crippen LogP contribution in [0.5, 0.6) is 5.75 Å². The maximum atomic E-state index is 12.0. The molecule has 16 heavy (non-hydrogen) atoms. The lowest BCUT2D eigenvalue weighted by molar-refractivity contribution is -0.0505. The molecule has 3 nitrogen and oxygen atoms in total. The molecule has 90 valence electrons. The van der Waals surface area contributed by atoms with E-state index in [1.807, 2.05) is 0 Å². The standard InChI is InChI=1S/C7H3Br2ClF2O3S/c8-3-1-4(15-7(11)12)6(9)5(2-3)16(10,13)14/h1-2,7H. The summed E-state index contributed by atoms with van der Waals surface area (Å²) in [4.78, 5) is -0.348. The van der Waals surface area contributed by atoms with Crippen molar-refractivity contribution in [3.8, 4) is 5.75 Å². The van der Waals surface area contributed by atoms with Gasteiger partial charge >= 0.3 is 6.61 Å². The summed E-state index contributed by atoms with van der Waals surface area (Å²) in [5.74, 6) is -0.316. The molecule has 0 aliphatic heterocycles. The summed E-state index contributed by atoms with van der Waals surface area (Å²) in [5.41, 5.74) is 0. The van der Waals surface area contributed by atoms with Crippen LogP contribution in [0.1, 0.15) is 0 Å². The van der Waals surface area contributed by atoms with Gasteiger partial charge in [-0.3, -0.25) is 0 Å². The Labute approximate surface area is 111 Å². The van der Waals surface area contributed by atoms with Gasteiger partial charge in [-0.15, -0.1) is 0 Å². The van der Waals surface area contributed by atoms with E-state index < -0.39 is 15.7 Å². The molecule has 1 rings (SSSR count). The van der Waals surface area contributed by atoms with Gasteiger partial charge in [-0.2, -0.15) is 8.78 Å². The van der Waals surface area contributed by atoms with Crippen molar-refractivity contribution < 1.29 is 21.9 Å². The third-order valence-corrected chi connectivity index (χ3v) is 4.33. The molecule has 9 heteroatoms. The second-order valence-electron chi connectivity index (χ2n) is 2.53. The summed E-state index contributed by atoms with van der Waals surface area (Å²) in [6, 6.07) is 2.37. The number of alkyl halides is 2. The number of ether oxygens (including phenoxy) is 1. The SMILES string of the molecule is O=S(=O)(Cl)c1cc(Br)cc(OC(F)F)c1Br. The van der Waals surface area contributed by atoms with Gasteiger partial charge in [0, 0.05) is 15.2 Å². The highest BCUT2D eigenvalue weighted by atomic mass is 79.9. The molecule has 0 amide bonds. The predicted molar refractivity (Wildman–Crippen MR) is 61.5 cm³/mol. The molecule has 0 aliphatic rings. The van der Waals surface area contributed by atoms with Crippen molar-refractivity contribution >= 4 is 51.6 Å².